The molecule has 1 unspecified atom stereocenters. The summed E-state index contributed by atoms with van der Waals surface area (Å²) < 4.78 is 1.44. The van der Waals surface area contributed by atoms with Crippen molar-refractivity contribution in [3.8, 4) is 0 Å². The topological polar surface area (TPSA) is 84.2 Å². The summed E-state index contributed by atoms with van der Waals surface area (Å²) >= 11 is 0. The summed E-state index contributed by atoms with van der Waals surface area (Å²) in [6, 6.07) is 6.86. The van der Waals surface area contributed by atoms with Crippen LogP contribution in [0.5, 0.6) is 0 Å². The zero-order valence-electron chi connectivity index (χ0n) is 14.5. The van der Waals surface area contributed by atoms with E-state index in [9.17, 15) is 14.7 Å². The number of hydrogen-bond donors (Lipinski definition) is 2. The first-order valence-electron chi connectivity index (χ1n) is 8.14. The lowest BCUT2D eigenvalue weighted by Gasteiger charge is -2.25. The Bertz CT molecular complexity index is 762. The molecule has 2 aromatic rings. The Hall–Kier alpha value is -2.21. The second-order valence-corrected chi connectivity index (χ2v) is 7.22. The quantitative estimate of drug-likeness (QED) is 0.844. The number of carbonyl (C=O) groups is 1. The molecule has 130 valence electrons. The van der Waals surface area contributed by atoms with Gasteiger partial charge in [-0.2, -0.15) is 0 Å². The van der Waals surface area contributed by atoms with Crippen LogP contribution in [0.25, 0.3) is 10.9 Å². The second kappa shape index (κ2) is 7.57. The van der Waals surface area contributed by atoms with Gasteiger partial charge in [-0.05, 0) is 24.0 Å². The van der Waals surface area contributed by atoms with E-state index in [0.717, 1.165) is 0 Å². The minimum atomic E-state index is -0.274. The third-order valence-corrected chi connectivity index (χ3v) is 3.76. The van der Waals surface area contributed by atoms with Gasteiger partial charge in [0.25, 0.3) is 5.56 Å². The zero-order chi connectivity index (χ0) is 17.7. The summed E-state index contributed by atoms with van der Waals surface area (Å²) in [4.78, 5) is 28.7. The second-order valence-electron chi connectivity index (χ2n) is 7.22. The molecule has 0 saturated heterocycles. The lowest BCUT2D eigenvalue weighted by atomic mass is 9.88. The highest BCUT2D eigenvalue weighted by Gasteiger charge is 2.19. The van der Waals surface area contributed by atoms with Gasteiger partial charge in [0.05, 0.1) is 29.9 Å². The van der Waals surface area contributed by atoms with Gasteiger partial charge in [-0.1, -0.05) is 32.9 Å². The molecule has 0 fully saturated rings. The summed E-state index contributed by atoms with van der Waals surface area (Å²) in [5.74, 6) is -0.182. The highest BCUT2D eigenvalue weighted by Crippen LogP contribution is 2.20. The normalized spacial score (nSPS) is 13.0. The zero-order valence-corrected chi connectivity index (χ0v) is 14.5. The molecule has 6 heteroatoms. The van der Waals surface area contributed by atoms with Crippen LogP contribution in [0.15, 0.2) is 35.4 Å². The predicted octanol–water partition coefficient (Wildman–Crippen LogP) is 1.70. The smallest absolute Gasteiger partial charge is 0.261 e. The van der Waals surface area contributed by atoms with E-state index in [2.05, 4.69) is 31.1 Å². The Morgan fingerprint density at radius 3 is 2.71 bits per heavy atom. The molecule has 0 spiro atoms. The first kappa shape index (κ1) is 18.1. The SMILES string of the molecule is CC(C)(C)CC(CO)NC(=O)CCn1cnc2ccccc2c1=O. The minimum absolute atomic E-state index is 0.0138. The number of nitrogens with zero attached hydrogens (tertiary/aromatic N) is 2. The van der Waals surface area contributed by atoms with Gasteiger partial charge >= 0.3 is 0 Å². The van der Waals surface area contributed by atoms with Crippen molar-refractivity contribution in [1.29, 1.82) is 0 Å². The van der Waals surface area contributed by atoms with Crippen molar-refractivity contribution in [2.75, 3.05) is 6.61 Å². The van der Waals surface area contributed by atoms with E-state index in [1.807, 2.05) is 6.07 Å². The number of para-hydroxylation sites is 1. The number of aromatic nitrogens is 2. The van der Waals surface area contributed by atoms with Crippen molar-refractivity contribution in [1.82, 2.24) is 14.9 Å². The predicted molar refractivity (Wildman–Crippen MR) is 93.7 cm³/mol. The molecule has 6 nitrogen and oxygen atoms in total. The van der Waals surface area contributed by atoms with E-state index in [4.69, 9.17) is 0 Å². The first-order valence-corrected chi connectivity index (χ1v) is 8.14. The van der Waals surface area contributed by atoms with Gasteiger partial charge in [-0.3, -0.25) is 14.2 Å². The van der Waals surface area contributed by atoms with Crippen LogP contribution >= 0.6 is 0 Å². The molecule has 1 atom stereocenters. The van der Waals surface area contributed by atoms with Crippen LogP contribution in [0, 0.1) is 5.41 Å². The number of carbonyl (C=O) groups excluding carboxylic acids is 1. The molecule has 0 radical (unpaired) electrons. The Balaban J connectivity index is 1.99. The van der Waals surface area contributed by atoms with E-state index in [0.29, 0.717) is 17.3 Å². The number of aryl methyl sites for hydroxylation is 1. The van der Waals surface area contributed by atoms with Gasteiger partial charge in [0, 0.05) is 13.0 Å². The van der Waals surface area contributed by atoms with Crippen molar-refractivity contribution in [2.24, 2.45) is 5.41 Å². The largest absolute Gasteiger partial charge is 0.394 e. The molecule has 0 aliphatic carbocycles. The van der Waals surface area contributed by atoms with E-state index >= 15 is 0 Å². The molecular weight excluding hydrogens is 306 g/mol. The number of amides is 1. The average molecular weight is 331 g/mol. The maximum atomic E-state index is 12.4. The van der Waals surface area contributed by atoms with Crippen LogP contribution < -0.4 is 10.9 Å². The van der Waals surface area contributed by atoms with Crippen molar-refractivity contribution >= 4 is 16.8 Å². The number of nitrogens with one attached hydrogen (secondary N) is 1. The van der Waals surface area contributed by atoms with Crippen molar-refractivity contribution in [2.45, 2.75) is 46.2 Å². The van der Waals surface area contributed by atoms with E-state index in [1.165, 1.54) is 10.9 Å². The average Bonchev–Trinajstić information content (AvgIpc) is 2.52. The number of aliphatic hydroxyl groups is 1. The Kier molecular flexibility index (Phi) is 5.72. The Labute approximate surface area is 141 Å². The van der Waals surface area contributed by atoms with Crippen LogP contribution in [-0.2, 0) is 11.3 Å². The van der Waals surface area contributed by atoms with Gasteiger partial charge in [-0.15, -0.1) is 0 Å². The number of aliphatic hydroxyl groups excluding tert-OH is 1. The molecule has 0 bridgehead atoms. The highest BCUT2D eigenvalue weighted by molar-refractivity contribution is 5.77. The monoisotopic (exact) mass is 331 g/mol. The number of hydrogen-bond acceptors (Lipinski definition) is 4. The third kappa shape index (κ3) is 4.89. The number of benzene rings is 1. The van der Waals surface area contributed by atoms with Gasteiger partial charge in [-0.25, -0.2) is 4.98 Å². The summed E-state index contributed by atoms with van der Waals surface area (Å²) in [6.45, 7) is 6.34. The molecule has 2 rings (SSSR count). The molecule has 1 heterocycles. The lowest BCUT2D eigenvalue weighted by Crippen LogP contribution is -2.40. The molecule has 24 heavy (non-hydrogen) atoms. The van der Waals surface area contributed by atoms with E-state index in [-0.39, 0.29) is 42.5 Å². The molecule has 0 saturated carbocycles. The summed E-state index contributed by atoms with van der Waals surface area (Å²) in [7, 11) is 0. The molecular formula is C18H25N3O3. The lowest BCUT2D eigenvalue weighted by molar-refractivity contribution is -0.122. The van der Waals surface area contributed by atoms with Crippen molar-refractivity contribution in [3.63, 3.8) is 0 Å². The van der Waals surface area contributed by atoms with Gasteiger partial charge in [0.1, 0.15) is 0 Å². The van der Waals surface area contributed by atoms with Gasteiger partial charge in [0.2, 0.25) is 5.91 Å². The molecule has 1 amide bonds. The van der Waals surface area contributed by atoms with Crippen LogP contribution in [-0.4, -0.2) is 33.2 Å². The van der Waals surface area contributed by atoms with Crippen LogP contribution in [0.4, 0.5) is 0 Å². The van der Waals surface area contributed by atoms with Crippen LogP contribution in [0.3, 0.4) is 0 Å². The Morgan fingerprint density at radius 1 is 1.33 bits per heavy atom. The third-order valence-electron chi connectivity index (χ3n) is 3.76. The van der Waals surface area contributed by atoms with Crippen molar-refractivity contribution in [3.05, 3.63) is 40.9 Å². The van der Waals surface area contributed by atoms with Gasteiger partial charge < -0.3 is 10.4 Å². The summed E-state index contributed by atoms with van der Waals surface area (Å²) in [5, 5.41) is 12.8. The standard InChI is InChI=1S/C18H25N3O3/c1-18(2,3)10-13(11-22)20-16(23)8-9-21-12-19-15-7-5-4-6-14(15)17(21)24/h4-7,12-13,22H,8-11H2,1-3H3,(H,20,23). The molecule has 1 aromatic carbocycles. The fourth-order valence-corrected chi connectivity index (χ4v) is 2.69. The summed E-state index contributed by atoms with van der Waals surface area (Å²) in [5.41, 5.74) is 0.510. The summed E-state index contributed by atoms with van der Waals surface area (Å²) in [6.07, 6.45) is 2.32. The fourth-order valence-electron chi connectivity index (χ4n) is 2.69. The van der Waals surface area contributed by atoms with Crippen molar-refractivity contribution < 1.29 is 9.90 Å². The van der Waals surface area contributed by atoms with Gasteiger partial charge in [0.15, 0.2) is 0 Å². The van der Waals surface area contributed by atoms with E-state index < -0.39 is 0 Å². The number of rotatable bonds is 6. The van der Waals surface area contributed by atoms with E-state index in [1.54, 1.807) is 18.2 Å². The molecule has 1 aromatic heterocycles. The minimum Gasteiger partial charge on any atom is -0.394 e. The molecule has 2 N–H and O–H groups in total. The van der Waals surface area contributed by atoms with Crippen LogP contribution in [0.2, 0.25) is 0 Å². The molecule has 0 aliphatic heterocycles. The molecule has 0 aliphatic rings. The number of fused-ring (bicyclic) bond motifs is 1. The van der Waals surface area contributed by atoms with Crippen LogP contribution in [0.1, 0.15) is 33.6 Å². The maximum absolute atomic E-state index is 12.4. The highest BCUT2D eigenvalue weighted by atomic mass is 16.3. The maximum Gasteiger partial charge on any atom is 0.261 e. The fraction of sp³-hybridized carbons (Fsp3) is 0.500. The first-order chi connectivity index (χ1) is 11.3. The Morgan fingerprint density at radius 2 is 2.04 bits per heavy atom.